The summed E-state index contributed by atoms with van der Waals surface area (Å²) in [6.45, 7) is 0. The highest BCUT2D eigenvalue weighted by Gasteiger charge is 2.18. The van der Waals surface area contributed by atoms with Gasteiger partial charge in [0.05, 0.1) is 10.6 Å². The number of anilines is 1. The van der Waals surface area contributed by atoms with Crippen molar-refractivity contribution < 1.29 is 14.3 Å². The molecule has 19 heavy (non-hydrogen) atoms. The summed E-state index contributed by atoms with van der Waals surface area (Å²) in [4.78, 5) is 13.5. The minimum Gasteiger partial charge on any atom is -0.508 e. The molecule has 0 aliphatic rings. The van der Waals surface area contributed by atoms with Crippen LogP contribution in [0.2, 0.25) is 5.02 Å². The second-order valence-electron chi connectivity index (χ2n) is 3.98. The normalized spacial score (nSPS) is 10.3. The van der Waals surface area contributed by atoms with Gasteiger partial charge >= 0.3 is 0 Å². The van der Waals surface area contributed by atoms with Gasteiger partial charge in [-0.1, -0.05) is 17.7 Å². The lowest BCUT2D eigenvalue weighted by Crippen LogP contribution is -2.27. The van der Waals surface area contributed by atoms with E-state index in [2.05, 4.69) is 0 Å². The molecule has 0 saturated heterocycles. The van der Waals surface area contributed by atoms with E-state index in [1.807, 2.05) is 0 Å². The molecule has 2 aromatic carbocycles. The summed E-state index contributed by atoms with van der Waals surface area (Å²) in [6, 6.07) is 10.3. The van der Waals surface area contributed by atoms with Gasteiger partial charge < -0.3 is 10.0 Å². The summed E-state index contributed by atoms with van der Waals surface area (Å²) < 4.78 is 13.8. The molecule has 1 N–H and O–H groups in total. The molecule has 0 unspecified atom stereocenters. The maximum Gasteiger partial charge on any atom is 0.261 e. The molecule has 0 fully saturated rings. The van der Waals surface area contributed by atoms with Gasteiger partial charge in [0.1, 0.15) is 5.75 Å². The van der Waals surface area contributed by atoms with Gasteiger partial charge in [-0.3, -0.25) is 4.79 Å². The van der Waals surface area contributed by atoms with Gasteiger partial charge in [0.2, 0.25) is 0 Å². The Morgan fingerprint density at radius 3 is 2.47 bits per heavy atom. The minimum atomic E-state index is -0.736. The third-order valence-electron chi connectivity index (χ3n) is 2.72. The van der Waals surface area contributed by atoms with Crippen molar-refractivity contribution in [2.24, 2.45) is 0 Å². The molecule has 0 heterocycles. The fourth-order valence-corrected chi connectivity index (χ4v) is 1.82. The molecule has 0 aromatic heterocycles. The molecule has 1 amide bonds. The van der Waals surface area contributed by atoms with Gasteiger partial charge in [0, 0.05) is 12.7 Å². The van der Waals surface area contributed by atoms with Gasteiger partial charge in [-0.05, 0) is 36.4 Å². The maximum atomic E-state index is 13.8. The number of amides is 1. The molecule has 0 aliphatic carbocycles. The van der Waals surface area contributed by atoms with Gasteiger partial charge in [0.25, 0.3) is 5.91 Å². The summed E-state index contributed by atoms with van der Waals surface area (Å²) in [5.41, 5.74) is 0.449. The van der Waals surface area contributed by atoms with Crippen molar-refractivity contribution in [1.82, 2.24) is 0 Å². The maximum absolute atomic E-state index is 13.8. The van der Waals surface area contributed by atoms with Crippen molar-refractivity contribution in [2.75, 3.05) is 11.9 Å². The molecule has 3 nitrogen and oxygen atoms in total. The van der Waals surface area contributed by atoms with E-state index in [4.69, 9.17) is 11.6 Å². The van der Waals surface area contributed by atoms with E-state index in [9.17, 15) is 14.3 Å². The lowest BCUT2D eigenvalue weighted by molar-refractivity contribution is 0.0989. The van der Waals surface area contributed by atoms with Crippen LogP contribution in [-0.4, -0.2) is 18.1 Å². The molecule has 98 valence electrons. The Morgan fingerprint density at radius 2 is 1.84 bits per heavy atom. The highest BCUT2D eigenvalue weighted by Crippen LogP contribution is 2.22. The lowest BCUT2D eigenvalue weighted by atomic mass is 10.1. The van der Waals surface area contributed by atoms with Crippen LogP contribution in [0.3, 0.4) is 0 Å². The largest absolute Gasteiger partial charge is 0.508 e. The molecule has 0 spiro atoms. The zero-order chi connectivity index (χ0) is 14.0. The molecule has 2 rings (SSSR count). The standard InChI is InChI=1S/C14H11ClFNO2/c1-17(9-5-7-10(18)8-6-9)14(19)11-3-2-4-12(15)13(11)16/h2-8,18H,1H3. The summed E-state index contributed by atoms with van der Waals surface area (Å²) in [7, 11) is 1.52. The van der Waals surface area contributed by atoms with Crippen LogP contribution in [0.4, 0.5) is 10.1 Å². The lowest BCUT2D eigenvalue weighted by Gasteiger charge is -2.18. The van der Waals surface area contributed by atoms with Crippen molar-refractivity contribution >= 4 is 23.2 Å². The second kappa shape index (κ2) is 5.28. The van der Waals surface area contributed by atoms with Crippen molar-refractivity contribution in [1.29, 1.82) is 0 Å². The Kier molecular flexibility index (Phi) is 3.71. The van der Waals surface area contributed by atoms with Gasteiger partial charge in [0.15, 0.2) is 5.82 Å². The van der Waals surface area contributed by atoms with E-state index in [1.54, 1.807) is 12.1 Å². The van der Waals surface area contributed by atoms with Crippen molar-refractivity contribution in [3.05, 3.63) is 58.9 Å². The molecular formula is C14H11ClFNO2. The molecule has 0 saturated carbocycles. The Bertz CT molecular complexity index is 613. The van der Waals surface area contributed by atoms with E-state index < -0.39 is 11.7 Å². The molecule has 0 bridgehead atoms. The van der Waals surface area contributed by atoms with Crippen LogP contribution in [0.5, 0.6) is 5.75 Å². The minimum absolute atomic E-state index is 0.0926. The van der Waals surface area contributed by atoms with Crippen LogP contribution in [0.1, 0.15) is 10.4 Å². The third-order valence-corrected chi connectivity index (χ3v) is 3.02. The van der Waals surface area contributed by atoms with E-state index in [-0.39, 0.29) is 16.3 Å². The fraction of sp³-hybridized carbons (Fsp3) is 0.0714. The summed E-state index contributed by atoms with van der Waals surface area (Å²) in [5.74, 6) is -1.15. The summed E-state index contributed by atoms with van der Waals surface area (Å²) in [6.07, 6.45) is 0. The number of carbonyl (C=O) groups is 1. The zero-order valence-electron chi connectivity index (χ0n) is 10.1. The van der Waals surface area contributed by atoms with Crippen LogP contribution in [0.15, 0.2) is 42.5 Å². The molecule has 0 atom stereocenters. The molecule has 0 radical (unpaired) electrons. The third kappa shape index (κ3) is 2.69. The van der Waals surface area contributed by atoms with E-state index in [0.29, 0.717) is 5.69 Å². The van der Waals surface area contributed by atoms with Gasteiger partial charge in [-0.25, -0.2) is 4.39 Å². The van der Waals surface area contributed by atoms with Crippen LogP contribution >= 0.6 is 11.6 Å². The Morgan fingerprint density at radius 1 is 1.21 bits per heavy atom. The number of hydrogen-bond donors (Lipinski definition) is 1. The van der Waals surface area contributed by atoms with Gasteiger partial charge in [-0.15, -0.1) is 0 Å². The average molecular weight is 280 g/mol. The van der Waals surface area contributed by atoms with Gasteiger partial charge in [-0.2, -0.15) is 0 Å². The smallest absolute Gasteiger partial charge is 0.261 e. The quantitative estimate of drug-likeness (QED) is 0.914. The number of carbonyl (C=O) groups excluding carboxylic acids is 1. The highest BCUT2D eigenvalue weighted by atomic mass is 35.5. The second-order valence-corrected chi connectivity index (χ2v) is 4.39. The van der Waals surface area contributed by atoms with Crippen molar-refractivity contribution in [3.63, 3.8) is 0 Å². The summed E-state index contributed by atoms with van der Waals surface area (Å²) >= 11 is 5.65. The van der Waals surface area contributed by atoms with Crippen LogP contribution in [-0.2, 0) is 0 Å². The van der Waals surface area contributed by atoms with Crippen LogP contribution < -0.4 is 4.90 Å². The predicted octanol–water partition coefficient (Wildman–Crippen LogP) is 3.46. The Hall–Kier alpha value is -2.07. The first-order valence-corrected chi connectivity index (χ1v) is 5.89. The Labute approximate surface area is 114 Å². The number of hydrogen-bond acceptors (Lipinski definition) is 2. The topological polar surface area (TPSA) is 40.5 Å². The van der Waals surface area contributed by atoms with Crippen molar-refractivity contribution in [3.8, 4) is 5.75 Å². The highest BCUT2D eigenvalue weighted by molar-refractivity contribution is 6.31. The van der Waals surface area contributed by atoms with E-state index >= 15 is 0 Å². The fourth-order valence-electron chi connectivity index (χ4n) is 1.64. The zero-order valence-corrected chi connectivity index (χ0v) is 10.9. The predicted molar refractivity (Wildman–Crippen MR) is 72.3 cm³/mol. The number of nitrogens with zero attached hydrogens (tertiary/aromatic N) is 1. The van der Waals surface area contributed by atoms with E-state index in [0.717, 1.165) is 0 Å². The van der Waals surface area contributed by atoms with Crippen LogP contribution in [0.25, 0.3) is 0 Å². The number of halogens is 2. The molecule has 0 aliphatic heterocycles. The first-order chi connectivity index (χ1) is 9.00. The number of phenolic OH excluding ortho intramolecular Hbond substituents is 1. The number of rotatable bonds is 2. The molecule has 2 aromatic rings. The number of aromatic hydroxyl groups is 1. The average Bonchev–Trinajstić information content (AvgIpc) is 2.41. The van der Waals surface area contributed by atoms with E-state index in [1.165, 1.54) is 42.3 Å². The SMILES string of the molecule is CN(C(=O)c1cccc(Cl)c1F)c1ccc(O)cc1. The first-order valence-electron chi connectivity index (χ1n) is 5.52. The molecular weight excluding hydrogens is 269 g/mol. The van der Waals surface area contributed by atoms with Crippen LogP contribution in [0, 0.1) is 5.82 Å². The van der Waals surface area contributed by atoms with Crippen molar-refractivity contribution in [2.45, 2.75) is 0 Å². The first kappa shape index (κ1) is 13.4. The number of benzene rings is 2. The summed E-state index contributed by atoms with van der Waals surface area (Å²) in [5, 5.41) is 9.10. The number of phenols is 1. The Balaban J connectivity index is 2.33. The monoisotopic (exact) mass is 279 g/mol. The molecule has 5 heteroatoms.